The van der Waals surface area contributed by atoms with Crippen molar-refractivity contribution in [1.82, 2.24) is 5.32 Å². The summed E-state index contributed by atoms with van der Waals surface area (Å²) in [6.45, 7) is 3.78. The topological polar surface area (TPSA) is 192 Å². The Hall–Kier alpha value is -4.58. The molecule has 14 heteroatoms. The van der Waals surface area contributed by atoms with Gasteiger partial charge in [0.15, 0.2) is 18.3 Å². The molecule has 14 nitrogen and oxygen atoms in total. The second kappa shape index (κ2) is 14.2. The number of hydrogen-bond acceptors (Lipinski definition) is 11. The van der Waals surface area contributed by atoms with Gasteiger partial charge in [-0.1, -0.05) is 35.4 Å². The molecule has 1 N–H and O–H groups in total. The van der Waals surface area contributed by atoms with E-state index in [1.165, 1.54) is 6.92 Å². The van der Waals surface area contributed by atoms with E-state index < -0.39 is 72.5 Å². The predicted molar refractivity (Wildman–Crippen MR) is 127 cm³/mol. The largest absolute Gasteiger partial charge is 0.477 e. The van der Waals surface area contributed by atoms with Crippen molar-refractivity contribution in [3.8, 4) is 0 Å². The van der Waals surface area contributed by atoms with Crippen molar-refractivity contribution < 1.29 is 47.7 Å². The Labute approximate surface area is 217 Å². The molecule has 38 heavy (non-hydrogen) atoms. The van der Waals surface area contributed by atoms with Crippen molar-refractivity contribution >= 4 is 29.8 Å². The minimum Gasteiger partial charge on any atom is -0.477 e. The molecule has 2 rings (SSSR count). The maximum Gasteiger partial charge on any atom is 0.373 e. The van der Waals surface area contributed by atoms with E-state index in [0.29, 0.717) is 5.56 Å². The van der Waals surface area contributed by atoms with Crippen molar-refractivity contribution in [2.75, 3.05) is 6.61 Å². The van der Waals surface area contributed by atoms with Crippen LogP contribution in [0.1, 0.15) is 33.3 Å². The first kappa shape index (κ1) is 29.6. The highest BCUT2D eigenvalue weighted by molar-refractivity contribution is 5.87. The number of carbonyl (C=O) groups is 5. The van der Waals surface area contributed by atoms with Crippen LogP contribution in [0.5, 0.6) is 0 Å². The van der Waals surface area contributed by atoms with E-state index in [1.54, 1.807) is 30.3 Å². The molecule has 1 amide bonds. The van der Waals surface area contributed by atoms with E-state index in [0.717, 1.165) is 26.8 Å². The lowest BCUT2D eigenvalue weighted by Crippen LogP contribution is -2.61. The molecule has 1 aliphatic rings. The average Bonchev–Trinajstić information content (AvgIpc) is 2.84. The van der Waals surface area contributed by atoms with Crippen LogP contribution in [-0.4, -0.2) is 66.8 Å². The van der Waals surface area contributed by atoms with E-state index in [9.17, 15) is 24.0 Å². The minimum absolute atomic E-state index is 0.109. The summed E-state index contributed by atoms with van der Waals surface area (Å²) in [6, 6.07) is 6.36. The molecule has 1 aromatic carbocycles. The Balaban J connectivity index is 2.50. The maximum atomic E-state index is 12.9. The summed E-state index contributed by atoms with van der Waals surface area (Å²) in [5.41, 5.74) is 9.82. The van der Waals surface area contributed by atoms with Crippen molar-refractivity contribution in [1.29, 1.82) is 0 Å². The fourth-order valence-corrected chi connectivity index (χ4v) is 3.62. The van der Waals surface area contributed by atoms with Gasteiger partial charge in [0.1, 0.15) is 13.2 Å². The lowest BCUT2D eigenvalue weighted by atomic mass is 9.92. The molecule has 0 spiro atoms. The number of rotatable bonds is 11. The van der Waals surface area contributed by atoms with Crippen LogP contribution in [0.25, 0.3) is 10.4 Å². The molecule has 0 radical (unpaired) electrons. The van der Waals surface area contributed by atoms with Gasteiger partial charge in [-0.25, -0.2) is 4.79 Å². The zero-order valence-electron chi connectivity index (χ0n) is 21.2. The van der Waals surface area contributed by atoms with Crippen LogP contribution in [0.2, 0.25) is 0 Å². The van der Waals surface area contributed by atoms with Gasteiger partial charge in [-0.05, 0) is 17.2 Å². The van der Waals surface area contributed by atoms with Gasteiger partial charge >= 0.3 is 23.9 Å². The molecule has 1 heterocycles. The average molecular weight is 533 g/mol. The normalized spacial score (nSPS) is 19.7. The molecule has 0 aliphatic carbocycles. The number of nitrogens with one attached hydrogen (secondary N) is 1. The highest BCUT2D eigenvalue weighted by Gasteiger charge is 2.47. The van der Waals surface area contributed by atoms with Crippen LogP contribution in [0.15, 0.2) is 47.3 Å². The molecule has 0 saturated heterocycles. The molecule has 1 aliphatic heterocycles. The summed E-state index contributed by atoms with van der Waals surface area (Å²) < 4.78 is 26.7. The standard InChI is InChI=1S/C24H28N4O10/c1-13(29)26-21-18(27-28-25)10-19(24(33)35-11-17-8-6-5-7-9-17)38-23(21)22(37-16(4)32)20(36-15(3)31)12-34-14(2)30/h5-10,18,20-23H,11-12H2,1-4H3,(H,26,29)/t18-,20+,21+,22+,23+/m0/s1. The number of ether oxygens (including phenoxy) is 5. The van der Waals surface area contributed by atoms with Crippen molar-refractivity contribution in [2.45, 2.75) is 64.7 Å². The Kier molecular flexibility index (Phi) is 11.1. The quantitative estimate of drug-likeness (QED) is 0.144. The fourth-order valence-electron chi connectivity index (χ4n) is 3.62. The first-order valence-corrected chi connectivity index (χ1v) is 11.4. The summed E-state index contributed by atoms with van der Waals surface area (Å²) in [5, 5.41) is 6.19. The highest BCUT2D eigenvalue weighted by atomic mass is 16.6. The van der Waals surface area contributed by atoms with Crippen LogP contribution >= 0.6 is 0 Å². The van der Waals surface area contributed by atoms with Crippen molar-refractivity contribution in [3.63, 3.8) is 0 Å². The minimum atomic E-state index is -1.53. The van der Waals surface area contributed by atoms with Gasteiger partial charge in [-0.15, -0.1) is 0 Å². The van der Waals surface area contributed by atoms with Crippen LogP contribution in [0, 0.1) is 0 Å². The van der Waals surface area contributed by atoms with Crippen LogP contribution in [0.3, 0.4) is 0 Å². The molecule has 204 valence electrons. The first-order chi connectivity index (χ1) is 18.0. The smallest absolute Gasteiger partial charge is 0.373 e. The van der Waals surface area contributed by atoms with E-state index in [-0.39, 0.29) is 6.61 Å². The number of amides is 1. The van der Waals surface area contributed by atoms with Crippen LogP contribution < -0.4 is 5.32 Å². The zero-order valence-corrected chi connectivity index (χ0v) is 21.2. The molecule has 0 fully saturated rings. The van der Waals surface area contributed by atoms with E-state index >= 15 is 0 Å². The number of esters is 4. The third kappa shape index (κ3) is 9.13. The zero-order chi connectivity index (χ0) is 28.2. The summed E-state index contributed by atoms with van der Waals surface area (Å²) in [7, 11) is 0. The predicted octanol–water partition coefficient (Wildman–Crippen LogP) is 1.62. The molecule has 5 atom stereocenters. The van der Waals surface area contributed by atoms with E-state index in [2.05, 4.69) is 15.3 Å². The Morgan fingerprint density at radius 1 is 1.00 bits per heavy atom. The van der Waals surface area contributed by atoms with Gasteiger partial charge in [-0.2, -0.15) is 0 Å². The molecular weight excluding hydrogens is 504 g/mol. The number of hydrogen-bond donors (Lipinski definition) is 1. The van der Waals surface area contributed by atoms with Crippen molar-refractivity contribution in [3.05, 3.63) is 58.2 Å². The second-order valence-electron chi connectivity index (χ2n) is 8.12. The molecular formula is C24H28N4O10. The van der Waals surface area contributed by atoms with Gasteiger partial charge in [0.05, 0.1) is 12.1 Å². The van der Waals surface area contributed by atoms with Crippen LogP contribution in [-0.2, 0) is 54.3 Å². The third-order valence-electron chi connectivity index (χ3n) is 5.04. The van der Waals surface area contributed by atoms with Crippen LogP contribution in [0.4, 0.5) is 0 Å². The van der Waals surface area contributed by atoms with E-state index in [1.807, 2.05) is 0 Å². The first-order valence-electron chi connectivity index (χ1n) is 11.4. The van der Waals surface area contributed by atoms with E-state index in [4.69, 9.17) is 29.2 Å². The number of carbonyl (C=O) groups excluding carboxylic acids is 5. The second-order valence-corrected chi connectivity index (χ2v) is 8.12. The summed E-state index contributed by atoms with van der Waals surface area (Å²) in [6.07, 6.45) is -3.26. The number of nitrogens with zero attached hydrogens (tertiary/aromatic N) is 3. The third-order valence-corrected chi connectivity index (χ3v) is 5.04. The summed E-state index contributed by atoms with van der Waals surface area (Å²) >= 11 is 0. The molecule has 0 bridgehead atoms. The molecule has 0 unspecified atom stereocenters. The SMILES string of the molecule is CC(=O)N[C@H]1[C@H]([C@H](OC(C)=O)[C@@H](COC(C)=O)OC(C)=O)OC(C(=O)OCc2ccccc2)=C[C@@H]1N=[N+]=[N-]. The fraction of sp³-hybridized carbons (Fsp3) is 0.458. The van der Waals surface area contributed by atoms with Gasteiger partial charge < -0.3 is 29.0 Å². The lowest BCUT2D eigenvalue weighted by Gasteiger charge is -2.40. The van der Waals surface area contributed by atoms with Gasteiger partial charge in [-0.3, -0.25) is 19.2 Å². The number of benzene rings is 1. The highest BCUT2D eigenvalue weighted by Crippen LogP contribution is 2.28. The molecule has 0 aromatic heterocycles. The van der Waals surface area contributed by atoms with Gasteiger partial charge in [0.25, 0.3) is 0 Å². The maximum absolute atomic E-state index is 12.9. The number of azide groups is 1. The van der Waals surface area contributed by atoms with Gasteiger partial charge in [0.2, 0.25) is 11.7 Å². The van der Waals surface area contributed by atoms with Gasteiger partial charge in [0, 0.05) is 32.6 Å². The summed E-state index contributed by atoms with van der Waals surface area (Å²) in [5.74, 6) is -4.29. The molecule has 1 aromatic rings. The monoisotopic (exact) mass is 532 g/mol. The Bertz CT molecular complexity index is 1120. The molecule has 0 saturated carbocycles. The summed E-state index contributed by atoms with van der Waals surface area (Å²) in [4.78, 5) is 63.0. The Morgan fingerprint density at radius 3 is 2.21 bits per heavy atom. The van der Waals surface area contributed by atoms with Crippen molar-refractivity contribution in [2.24, 2.45) is 5.11 Å². The lowest BCUT2D eigenvalue weighted by molar-refractivity contribution is -0.188. The Morgan fingerprint density at radius 2 is 1.66 bits per heavy atom.